The maximum absolute atomic E-state index is 13.8. The Bertz CT molecular complexity index is 1200. The average Bonchev–Trinajstić information content (AvgIpc) is 3.21. The van der Waals surface area contributed by atoms with E-state index in [1.807, 2.05) is 14.0 Å². The fourth-order valence-corrected chi connectivity index (χ4v) is 8.76. The SMILES string of the molecule is COC[C@@H]1[C@@H](c2ccc(-c3cccc(C)c3C)cc2)C2CN(S(=O)(=O)C3CC(C)NN3C)CCCCN21. The fraction of sp³-hybridized carbons (Fsp3) is 0.586. The van der Waals surface area contributed by atoms with Crippen molar-refractivity contribution < 1.29 is 13.2 Å². The Balaban J connectivity index is 1.42. The van der Waals surface area contributed by atoms with Crippen molar-refractivity contribution in [2.24, 2.45) is 0 Å². The van der Waals surface area contributed by atoms with Crippen LogP contribution in [0, 0.1) is 13.8 Å². The van der Waals surface area contributed by atoms with Crippen LogP contribution >= 0.6 is 0 Å². The van der Waals surface area contributed by atoms with E-state index in [1.54, 1.807) is 16.4 Å². The first-order valence-electron chi connectivity index (χ1n) is 13.6. The van der Waals surface area contributed by atoms with E-state index in [4.69, 9.17) is 4.74 Å². The van der Waals surface area contributed by atoms with Crippen molar-refractivity contribution in [3.8, 4) is 11.1 Å². The van der Waals surface area contributed by atoms with Crippen LogP contribution in [0.15, 0.2) is 42.5 Å². The molecule has 0 radical (unpaired) electrons. The molecule has 37 heavy (non-hydrogen) atoms. The minimum Gasteiger partial charge on any atom is -0.383 e. The quantitative estimate of drug-likeness (QED) is 0.619. The van der Waals surface area contributed by atoms with E-state index < -0.39 is 15.4 Å². The fourth-order valence-electron chi connectivity index (χ4n) is 6.68. The Morgan fingerprint density at radius 3 is 2.46 bits per heavy atom. The molecule has 3 fully saturated rings. The predicted molar refractivity (Wildman–Crippen MR) is 149 cm³/mol. The lowest BCUT2D eigenvalue weighted by molar-refractivity contribution is -0.0636. The van der Waals surface area contributed by atoms with Crippen LogP contribution in [0.2, 0.25) is 0 Å². The molecule has 7 nitrogen and oxygen atoms in total. The zero-order valence-corrected chi connectivity index (χ0v) is 23.7. The highest BCUT2D eigenvalue weighted by atomic mass is 32.2. The van der Waals surface area contributed by atoms with Gasteiger partial charge >= 0.3 is 0 Å². The number of hydrazine groups is 1. The van der Waals surface area contributed by atoms with Crippen LogP contribution in [0.25, 0.3) is 11.1 Å². The second-order valence-corrected chi connectivity index (χ2v) is 13.3. The minimum absolute atomic E-state index is 0.152. The third-order valence-corrected chi connectivity index (χ3v) is 11.1. The standard InChI is InChI=1S/C29H42N4O3S/c1-20-9-8-10-25(22(20)3)23-11-13-24(14-12-23)29-26-18-32(15-6-7-16-33(26)27(29)19-36-5)37(34,35)28-17-21(2)30-31(28)4/h8-14,21,26-30H,6-7,15-19H2,1-5H3/t21?,26?,27-,28?,29+/m1/s1. The lowest BCUT2D eigenvalue weighted by Crippen LogP contribution is -2.68. The van der Waals surface area contributed by atoms with Crippen molar-refractivity contribution in [1.82, 2.24) is 19.6 Å². The van der Waals surface area contributed by atoms with Gasteiger partial charge in [0.1, 0.15) is 5.37 Å². The first-order valence-corrected chi connectivity index (χ1v) is 15.1. The van der Waals surface area contributed by atoms with Gasteiger partial charge in [-0.25, -0.2) is 13.4 Å². The normalized spacial score (nSPS) is 29.9. The zero-order chi connectivity index (χ0) is 26.3. The number of rotatable bonds is 6. The maximum Gasteiger partial charge on any atom is 0.231 e. The van der Waals surface area contributed by atoms with Crippen LogP contribution in [-0.2, 0) is 14.8 Å². The van der Waals surface area contributed by atoms with E-state index in [0.717, 1.165) is 19.4 Å². The Hall–Kier alpha value is -1.81. The summed E-state index contributed by atoms with van der Waals surface area (Å²) in [5.74, 6) is 0.238. The third kappa shape index (κ3) is 5.00. The van der Waals surface area contributed by atoms with Crippen LogP contribution in [-0.4, -0.2) is 86.5 Å². The Morgan fingerprint density at radius 2 is 1.78 bits per heavy atom. The molecule has 3 saturated heterocycles. The first-order chi connectivity index (χ1) is 17.7. The van der Waals surface area contributed by atoms with Gasteiger partial charge in [0.25, 0.3) is 0 Å². The summed E-state index contributed by atoms with van der Waals surface area (Å²) in [6, 6.07) is 16.0. The van der Waals surface area contributed by atoms with Gasteiger partial charge in [0.05, 0.1) is 6.61 Å². The summed E-state index contributed by atoms with van der Waals surface area (Å²) in [6.07, 6.45) is 2.49. The predicted octanol–water partition coefficient (Wildman–Crippen LogP) is 3.73. The van der Waals surface area contributed by atoms with E-state index in [9.17, 15) is 8.42 Å². The van der Waals surface area contributed by atoms with E-state index in [2.05, 4.69) is 66.6 Å². The molecule has 5 atom stereocenters. The van der Waals surface area contributed by atoms with Gasteiger partial charge in [-0.3, -0.25) is 10.3 Å². The summed E-state index contributed by atoms with van der Waals surface area (Å²) >= 11 is 0. The highest BCUT2D eigenvalue weighted by molar-refractivity contribution is 7.89. The summed E-state index contributed by atoms with van der Waals surface area (Å²) in [7, 11) is 0.156. The van der Waals surface area contributed by atoms with Crippen LogP contribution in [0.4, 0.5) is 0 Å². The van der Waals surface area contributed by atoms with Gasteiger partial charge in [-0.05, 0) is 74.4 Å². The molecule has 0 aromatic heterocycles. The molecule has 3 unspecified atom stereocenters. The topological polar surface area (TPSA) is 65.1 Å². The molecule has 0 spiro atoms. The zero-order valence-electron chi connectivity index (χ0n) is 22.9. The van der Waals surface area contributed by atoms with E-state index in [1.165, 1.54) is 27.8 Å². The third-order valence-electron chi connectivity index (χ3n) is 8.81. The van der Waals surface area contributed by atoms with E-state index >= 15 is 0 Å². The number of benzene rings is 2. The van der Waals surface area contributed by atoms with Gasteiger partial charge in [0, 0.05) is 51.3 Å². The second kappa shape index (κ2) is 10.8. The molecular formula is C29H42N4O3S. The molecule has 8 heteroatoms. The van der Waals surface area contributed by atoms with E-state index in [0.29, 0.717) is 26.1 Å². The minimum atomic E-state index is -3.45. The highest BCUT2D eigenvalue weighted by Crippen LogP contribution is 2.43. The van der Waals surface area contributed by atoms with Crippen molar-refractivity contribution in [2.75, 3.05) is 40.4 Å². The van der Waals surface area contributed by atoms with Crippen LogP contribution in [0.1, 0.15) is 48.8 Å². The number of sulfonamides is 1. The van der Waals surface area contributed by atoms with Crippen LogP contribution < -0.4 is 5.43 Å². The number of nitrogens with zero attached hydrogens (tertiary/aromatic N) is 3. The molecule has 0 aliphatic carbocycles. The molecule has 1 N–H and O–H groups in total. The van der Waals surface area contributed by atoms with Crippen LogP contribution in [0.5, 0.6) is 0 Å². The summed E-state index contributed by atoms with van der Waals surface area (Å²) in [5.41, 5.74) is 9.62. The number of ether oxygens (including phenoxy) is 1. The number of fused-ring (bicyclic) bond motifs is 1. The van der Waals surface area contributed by atoms with Gasteiger partial charge in [-0.1, -0.05) is 42.5 Å². The summed E-state index contributed by atoms with van der Waals surface area (Å²) in [6.45, 7) is 9.15. The summed E-state index contributed by atoms with van der Waals surface area (Å²) in [5, 5.41) is 1.27. The van der Waals surface area contributed by atoms with Crippen molar-refractivity contribution in [1.29, 1.82) is 0 Å². The number of hydrogen-bond donors (Lipinski definition) is 1. The lowest BCUT2D eigenvalue weighted by Gasteiger charge is -2.57. The van der Waals surface area contributed by atoms with Crippen LogP contribution in [0.3, 0.4) is 0 Å². The molecule has 3 heterocycles. The number of methoxy groups -OCH3 is 1. The average molecular weight is 527 g/mol. The highest BCUT2D eigenvalue weighted by Gasteiger charge is 2.51. The molecular weight excluding hydrogens is 484 g/mol. The lowest BCUT2D eigenvalue weighted by atomic mass is 9.74. The van der Waals surface area contributed by atoms with Gasteiger partial charge in [0.2, 0.25) is 10.0 Å². The first kappa shape index (κ1) is 26.8. The largest absolute Gasteiger partial charge is 0.383 e. The molecule has 2 aromatic rings. The monoisotopic (exact) mass is 526 g/mol. The Kier molecular flexibility index (Phi) is 7.78. The molecule has 3 aliphatic heterocycles. The second-order valence-electron chi connectivity index (χ2n) is 11.2. The van der Waals surface area contributed by atoms with Crippen molar-refractivity contribution in [2.45, 2.75) is 69.5 Å². The van der Waals surface area contributed by atoms with Gasteiger partial charge in [-0.2, -0.15) is 4.31 Å². The Labute approximate surface area is 222 Å². The molecule has 0 bridgehead atoms. The Morgan fingerprint density at radius 1 is 1.05 bits per heavy atom. The van der Waals surface area contributed by atoms with Crippen molar-refractivity contribution in [3.63, 3.8) is 0 Å². The van der Waals surface area contributed by atoms with Crippen molar-refractivity contribution in [3.05, 3.63) is 59.2 Å². The molecule has 2 aromatic carbocycles. The number of aryl methyl sites for hydroxylation is 1. The van der Waals surface area contributed by atoms with Crippen molar-refractivity contribution >= 4 is 10.0 Å². The molecule has 202 valence electrons. The summed E-state index contributed by atoms with van der Waals surface area (Å²) in [4.78, 5) is 2.49. The van der Waals surface area contributed by atoms with E-state index in [-0.39, 0.29) is 24.0 Å². The van der Waals surface area contributed by atoms with Gasteiger partial charge in [-0.15, -0.1) is 0 Å². The smallest absolute Gasteiger partial charge is 0.231 e. The molecule has 0 saturated carbocycles. The number of nitrogens with one attached hydrogen (secondary N) is 1. The van der Waals surface area contributed by atoms with Gasteiger partial charge in [0.15, 0.2) is 0 Å². The molecule has 0 amide bonds. The molecule has 5 rings (SSSR count). The van der Waals surface area contributed by atoms with Gasteiger partial charge < -0.3 is 4.74 Å². The maximum atomic E-state index is 13.8. The number of hydrogen-bond acceptors (Lipinski definition) is 6. The summed E-state index contributed by atoms with van der Waals surface area (Å²) < 4.78 is 35.0. The molecule has 3 aliphatic rings.